The molecule has 0 bridgehead atoms. The molecule has 2 aromatic rings. The van der Waals surface area contributed by atoms with Gasteiger partial charge in [0.15, 0.2) is 17.7 Å². The lowest BCUT2D eigenvalue weighted by Gasteiger charge is -2.14. The number of benzene rings is 1. The molecular formula is C12H11NO4. The van der Waals surface area contributed by atoms with E-state index in [1.807, 2.05) is 0 Å². The largest absolute Gasteiger partial charge is 0.504 e. The van der Waals surface area contributed by atoms with Gasteiger partial charge in [0.25, 0.3) is 0 Å². The van der Waals surface area contributed by atoms with Crippen molar-refractivity contribution in [2.24, 2.45) is 0 Å². The van der Waals surface area contributed by atoms with E-state index in [0.717, 1.165) is 12.8 Å². The Hall–Kier alpha value is -2.04. The summed E-state index contributed by atoms with van der Waals surface area (Å²) in [7, 11) is 0. The van der Waals surface area contributed by atoms with Gasteiger partial charge in [0.05, 0.1) is 6.42 Å². The molecule has 2 N–H and O–H groups in total. The molecule has 1 aromatic carbocycles. The van der Waals surface area contributed by atoms with Crippen LogP contribution in [0.5, 0.6) is 5.75 Å². The van der Waals surface area contributed by atoms with Crippen molar-refractivity contribution in [2.75, 3.05) is 0 Å². The maximum atomic E-state index is 10.8. The Labute approximate surface area is 96.7 Å². The zero-order chi connectivity index (χ0) is 12.0. The SMILES string of the molecule is O=C(O)CC1(c2ccc3ncoc3c2O)CC1. The van der Waals surface area contributed by atoms with Crippen molar-refractivity contribution in [3.05, 3.63) is 24.1 Å². The summed E-state index contributed by atoms with van der Waals surface area (Å²) in [4.78, 5) is 14.8. The molecule has 1 fully saturated rings. The minimum Gasteiger partial charge on any atom is -0.504 e. The Bertz CT molecular complexity index is 598. The van der Waals surface area contributed by atoms with E-state index in [1.165, 1.54) is 6.39 Å². The maximum absolute atomic E-state index is 10.8. The average molecular weight is 233 g/mol. The average Bonchev–Trinajstić information content (AvgIpc) is 2.87. The Balaban J connectivity index is 2.11. The van der Waals surface area contributed by atoms with Crippen molar-refractivity contribution in [1.82, 2.24) is 4.98 Å². The second kappa shape index (κ2) is 3.23. The molecule has 17 heavy (non-hydrogen) atoms. The molecular weight excluding hydrogens is 222 g/mol. The number of phenolic OH excluding ortho intramolecular Hbond substituents is 1. The van der Waals surface area contributed by atoms with Gasteiger partial charge in [0, 0.05) is 11.0 Å². The van der Waals surface area contributed by atoms with Crippen LogP contribution < -0.4 is 0 Å². The number of rotatable bonds is 3. The lowest BCUT2D eigenvalue weighted by molar-refractivity contribution is -0.137. The molecule has 5 nitrogen and oxygen atoms in total. The standard InChI is InChI=1S/C12H11NO4/c14-9(15)5-12(3-4-12)7-1-2-8-11(10(7)16)17-6-13-8/h1-2,6,16H,3-5H2,(H,14,15). The maximum Gasteiger partial charge on any atom is 0.304 e. The quantitative estimate of drug-likeness (QED) is 0.847. The summed E-state index contributed by atoms with van der Waals surface area (Å²) in [5, 5.41) is 19.0. The monoisotopic (exact) mass is 233 g/mol. The number of carbonyl (C=O) groups is 1. The molecule has 0 aliphatic heterocycles. The normalized spacial score (nSPS) is 17.2. The van der Waals surface area contributed by atoms with E-state index in [9.17, 15) is 9.90 Å². The fraction of sp³-hybridized carbons (Fsp3) is 0.333. The minimum absolute atomic E-state index is 0.0266. The van der Waals surface area contributed by atoms with Crippen LogP contribution >= 0.6 is 0 Å². The molecule has 0 spiro atoms. The van der Waals surface area contributed by atoms with Gasteiger partial charge in [-0.25, -0.2) is 4.98 Å². The Kier molecular flexibility index (Phi) is 1.92. The Morgan fingerprint density at radius 2 is 2.24 bits per heavy atom. The number of phenols is 1. The van der Waals surface area contributed by atoms with Crippen LogP contribution in [0, 0.1) is 0 Å². The summed E-state index contributed by atoms with van der Waals surface area (Å²) in [6.45, 7) is 0. The van der Waals surface area contributed by atoms with Gasteiger partial charge in [-0.15, -0.1) is 0 Å². The van der Waals surface area contributed by atoms with Gasteiger partial charge in [-0.3, -0.25) is 4.79 Å². The molecule has 0 unspecified atom stereocenters. The van der Waals surface area contributed by atoms with Crippen molar-refractivity contribution in [3.63, 3.8) is 0 Å². The third-order valence-electron chi connectivity index (χ3n) is 3.39. The summed E-state index contributed by atoms with van der Waals surface area (Å²) in [6.07, 6.45) is 2.88. The molecule has 88 valence electrons. The molecule has 1 aliphatic rings. The fourth-order valence-electron chi connectivity index (χ4n) is 2.32. The Morgan fingerprint density at radius 3 is 2.88 bits per heavy atom. The van der Waals surface area contributed by atoms with Gasteiger partial charge in [-0.2, -0.15) is 0 Å². The number of hydrogen-bond acceptors (Lipinski definition) is 4. The molecule has 1 aromatic heterocycles. The molecule has 1 saturated carbocycles. The number of aliphatic carboxylic acids is 1. The van der Waals surface area contributed by atoms with Crippen molar-refractivity contribution in [3.8, 4) is 5.75 Å². The summed E-state index contributed by atoms with van der Waals surface area (Å²) in [5.74, 6) is -0.821. The highest BCUT2D eigenvalue weighted by molar-refractivity contribution is 5.82. The number of oxazole rings is 1. The topological polar surface area (TPSA) is 83.6 Å². The zero-order valence-corrected chi connectivity index (χ0v) is 9.01. The third kappa shape index (κ3) is 1.46. The lowest BCUT2D eigenvalue weighted by atomic mass is 9.91. The van der Waals surface area contributed by atoms with E-state index >= 15 is 0 Å². The first kappa shape index (κ1) is 10.1. The van der Waals surface area contributed by atoms with E-state index < -0.39 is 11.4 Å². The van der Waals surface area contributed by atoms with E-state index in [4.69, 9.17) is 9.52 Å². The van der Waals surface area contributed by atoms with Gasteiger partial charge < -0.3 is 14.6 Å². The smallest absolute Gasteiger partial charge is 0.304 e. The molecule has 1 heterocycles. The Morgan fingerprint density at radius 1 is 1.47 bits per heavy atom. The summed E-state index contributed by atoms with van der Waals surface area (Å²) in [5.41, 5.74) is 1.15. The van der Waals surface area contributed by atoms with Crippen molar-refractivity contribution in [1.29, 1.82) is 0 Å². The van der Waals surface area contributed by atoms with Gasteiger partial charge >= 0.3 is 5.97 Å². The van der Waals surface area contributed by atoms with Gasteiger partial charge in [0.2, 0.25) is 0 Å². The highest BCUT2D eigenvalue weighted by Gasteiger charge is 2.48. The van der Waals surface area contributed by atoms with Crippen LogP contribution in [-0.4, -0.2) is 21.2 Å². The summed E-state index contributed by atoms with van der Waals surface area (Å²) < 4.78 is 5.11. The van der Waals surface area contributed by atoms with Crippen LogP contribution in [0.1, 0.15) is 24.8 Å². The van der Waals surface area contributed by atoms with Crippen molar-refractivity contribution < 1.29 is 19.4 Å². The molecule has 3 rings (SSSR count). The number of nitrogens with zero attached hydrogens (tertiary/aromatic N) is 1. The van der Waals surface area contributed by atoms with E-state index in [1.54, 1.807) is 12.1 Å². The van der Waals surface area contributed by atoms with Gasteiger partial charge in [0.1, 0.15) is 5.52 Å². The van der Waals surface area contributed by atoms with Crippen LogP contribution in [0.25, 0.3) is 11.1 Å². The predicted octanol–water partition coefficient (Wildman–Crippen LogP) is 2.04. The molecule has 0 saturated heterocycles. The number of aromatic nitrogens is 1. The highest BCUT2D eigenvalue weighted by atomic mass is 16.4. The molecule has 5 heteroatoms. The minimum atomic E-state index is -0.848. The van der Waals surface area contributed by atoms with E-state index in [0.29, 0.717) is 16.7 Å². The zero-order valence-electron chi connectivity index (χ0n) is 9.01. The summed E-state index contributed by atoms with van der Waals surface area (Å²) in [6, 6.07) is 3.49. The highest BCUT2D eigenvalue weighted by Crippen LogP contribution is 2.54. The first-order valence-electron chi connectivity index (χ1n) is 5.40. The number of hydrogen-bond donors (Lipinski definition) is 2. The van der Waals surface area contributed by atoms with Crippen LogP contribution in [-0.2, 0) is 10.2 Å². The number of carboxylic acids is 1. The van der Waals surface area contributed by atoms with Gasteiger partial charge in [-0.1, -0.05) is 6.07 Å². The molecule has 0 atom stereocenters. The van der Waals surface area contributed by atoms with Crippen molar-refractivity contribution in [2.45, 2.75) is 24.7 Å². The van der Waals surface area contributed by atoms with Crippen LogP contribution in [0.3, 0.4) is 0 Å². The second-order valence-corrected chi connectivity index (χ2v) is 4.51. The van der Waals surface area contributed by atoms with Crippen LogP contribution in [0.4, 0.5) is 0 Å². The third-order valence-corrected chi connectivity index (χ3v) is 3.39. The van der Waals surface area contributed by atoms with Crippen LogP contribution in [0.2, 0.25) is 0 Å². The predicted molar refractivity (Wildman–Crippen MR) is 58.8 cm³/mol. The number of fused-ring (bicyclic) bond motifs is 1. The van der Waals surface area contributed by atoms with E-state index in [2.05, 4.69) is 4.98 Å². The van der Waals surface area contributed by atoms with Crippen molar-refractivity contribution >= 4 is 17.1 Å². The first-order chi connectivity index (χ1) is 8.12. The summed E-state index contributed by atoms with van der Waals surface area (Å²) >= 11 is 0. The molecule has 0 radical (unpaired) electrons. The lowest BCUT2D eigenvalue weighted by Crippen LogP contribution is -2.13. The number of aromatic hydroxyl groups is 1. The second-order valence-electron chi connectivity index (χ2n) is 4.51. The molecule has 1 aliphatic carbocycles. The van der Waals surface area contributed by atoms with Crippen LogP contribution in [0.15, 0.2) is 22.9 Å². The molecule has 0 amide bonds. The van der Waals surface area contributed by atoms with E-state index in [-0.39, 0.29) is 12.2 Å². The fourth-order valence-corrected chi connectivity index (χ4v) is 2.32. The first-order valence-corrected chi connectivity index (χ1v) is 5.40. The van der Waals surface area contributed by atoms with Gasteiger partial charge in [-0.05, 0) is 18.9 Å². The number of carboxylic acid groups (broad SMARTS) is 1.